The molecule has 0 saturated heterocycles. The van der Waals surface area contributed by atoms with Crippen molar-refractivity contribution in [2.45, 2.75) is 39.3 Å². The van der Waals surface area contributed by atoms with Gasteiger partial charge in [-0.25, -0.2) is 0 Å². The molecule has 0 aromatic heterocycles. The highest BCUT2D eigenvalue weighted by Gasteiger charge is 2.31. The summed E-state index contributed by atoms with van der Waals surface area (Å²) in [6.07, 6.45) is 2.71. The second-order valence-electron chi connectivity index (χ2n) is 4.98. The number of aliphatic hydroxyl groups is 1. The second kappa shape index (κ2) is 4.46. The van der Waals surface area contributed by atoms with E-state index < -0.39 is 0 Å². The lowest BCUT2D eigenvalue weighted by Gasteiger charge is -2.29. The van der Waals surface area contributed by atoms with E-state index in [1.54, 1.807) is 0 Å². The van der Waals surface area contributed by atoms with Crippen LogP contribution < -0.4 is 4.90 Å². The van der Waals surface area contributed by atoms with Crippen molar-refractivity contribution in [2.24, 2.45) is 5.92 Å². The van der Waals surface area contributed by atoms with Gasteiger partial charge < -0.3 is 10.0 Å². The Bertz CT molecular complexity index is 371. The molecule has 1 N–H and O–H groups in total. The van der Waals surface area contributed by atoms with Gasteiger partial charge in [0.05, 0.1) is 6.61 Å². The van der Waals surface area contributed by atoms with Crippen LogP contribution in [0.1, 0.15) is 30.9 Å². The number of hydrogen-bond donors (Lipinski definition) is 1. The molecule has 2 nitrogen and oxygen atoms in total. The van der Waals surface area contributed by atoms with Crippen molar-refractivity contribution in [3.8, 4) is 0 Å². The summed E-state index contributed by atoms with van der Waals surface area (Å²) in [6, 6.07) is 6.89. The van der Waals surface area contributed by atoms with Crippen LogP contribution in [0.3, 0.4) is 0 Å². The summed E-state index contributed by atoms with van der Waals surface area (Å²) >= 11 is 0. The third kappa shape index (κ3) is 2.22. The highest BCUT2D eigenvalue weighted by atomic mass is 16.3. The molecule has 1 fully saturated rings. The molecule has 1 aromatic carbocycles. The average molecular weight is 219 g/mol. The molecule has 1 unspecified atom stereocenters. The largest absolute Gasteiger partial charge is 0.392 e. The molecule has 88 valence electrons. The lowest BCUT2D eigenvalue weighted by molar-refractivity contribution is 0.282. The fourth-order valence-corrected chi connectivity index (χ4v) is 2.30. The molecule has 0 bridgehead atoms. The first-order valence-corrected chi connectivity index (χ1v) is 6.06. The maximum absolute atomic E-state index is 9.40. The van der Waals surface area contributed by atoms with E-state index in [9.17, 15) is 5.11 Å². The molecule has 1 saturated carbocycles. The Hall–Kier alpha value is -1.02. The summed E-state index contributed by atoms with van der Waals surface area (Å²) in [7, 11) is 2.13. The number of hydrogen-bond acceptors (Lipinski definition) is 2. The Morgan fingerprint density at radius 2 is 2.12 bits per heavy atom. The third-order valence-corrected chi connectivity index (χ3v) is 3.70. The van der Waals surface area contributed by atoms with Crippen molar-refractivity contribution in [1.29, 1.82) is 0 Å². The molecule has 2 rings (SSSR count). The summed E-state index contributed by atoms with van der Waals surface area (Å²) in [4.78, 5) is 2.31. The minimum atomic E-state index is 0.124. The van der Waals surface area contributed by atoms with Crippen molar-refractivity contribution in [3.05, 3.63) is 29.3 Å². The molecule has 1 aromatic rings. The number of benzene rings is 1. The Morgan fingerprint density at radius 3 is 2.69 bits per heavy atom. The van der Waals surface area contributed by atoms with Crippen LogP contribution in [-0.2, 0) is 6.61 Å². The molecule has 1 aliphatic carbocycles. The van der Waals surface area contributed by atoms with Gasteiger partial charge in [0, 0.05) is 24.3 Å². The predicted molar refractivity (Wildman–Crippen MR) is 67.7 cm³/mol. The number of anilines is 1. The van der Waals surface area contributed by atoms with Gasteiger partial charge >= 0.3 is 0 Å². The average Bonchev–Trinajstić information content (AvgIpc) is 3.10. The minimum absolute atomic E-state index is 0.124. The van der Waals surface area contributed by atoms with Crippen molar-refractivity contribution < 1.29 is 5.11 Å². The molecule has 0 heterocycles. The molecular formula is C14H21NO. The van der Waals surface area contributed by atoms with Crippen LogP contribution in [0, 0.1) is 12.8 Å². The van der Waals surface area contributed by atoms with Gasteiger partial charge in [0.2, 0.25) is 0 Å². The predicted octanol–water partition coefficient (Wildman–Crippen LogP) is 2.72. The van der Waals surface area contributed by atoms with E-state index in [1.165, 1.54) is 24.1 Å². The Morgan fingerprint density at radius 1 is 1.44 bits per heavy atom. The molecule has 2 heteroatoms. The van der Waals surface area contributed by atoms with Crippen molar-refractivity contribution in [2.75, 3.05) is 11.9 Å². The van der Waals surface area contributed by atoms with Gasteiger partial charge in [-0.2, -0.15) is 0 Å². The summed E-state index contributed by atoms with van der Waals surface area (Å²) < 4.78 is 0. The van der Waals surface area contributed by atoms with E-state index in [1.807, 2.05) is 0 Å². The Balaban J connectivity index is 2.23. The highest BCUT2D eigenvalue weighted by molar-refractivity contribution is 5.55. The van der Waals surface area contributed by atoms with Crippen LogP contribution in [0.2, 0.25) is 0 Å². The lowest BCUT2D eigenvalue weighted by atomic mass is 10.1. The van der Waals surface area contributed by atoms with Crippen LogP contribution in [0.4, 0.5) is 5.69 Å². The van der Waals surface area contributed by atoms with Gasteiger partial charge in [-0.15, -0.1) is 0 Å². The first-order chi connectivity index (χ1) is 7.63. The maximum atomic E-state index is 9.40. The maximum Gasteiger partial charge on any atom is 0.0702 e. The van der Waals surface area contributed by atoms with E-state index in [0.717, 1.165) is 11.5 Å². The molecule has 0 aliphatic heterocycles. The fourth-order valence-electron chi connectivity index (χ4n) is 2.30. The Labute approximate surface area is 97.9 Å². The molecule has 1 aliphatic rings. The molecule has 0 spiro atoms. The fraction of sp³-hybridized carbons (Fsp3) is 0.571. The zero-order valence-electron chi connectivity index (χ0n) is 10.4. The summed E-state index contributed by atoms with van der Waals surface area (Å²) in [5, 5.41) is 9.40. The molecule has 1 atom stereocenters. The third-order valence-electron chi connectivity index (χ3n) is 3.70. The Kier molecular flexibility index (Phi) is 3.20. The standard InChI is InChI=1S/C14H21NO/c1-10-4-7-14(13(8-10)9-16)15(3)11(2)12-5-6-12/h4,7-8,11-12,16H,5-6,9H2,1-3H3. The lowest BCUT2D eigenvalue weighted by Crippen LogP contribution is -2.31. The normalized spacial score (nSPS) is 17.2. The first kappa shape index (κ1) is 11.5. The van der Waals surface area contributed by atoms with Crippen molar-refractivity contribution in [1.82, 2.24) is 0 Å². The number of nitrogens with zero attached hydrogens (tertiary/aromatic N) is 1. The van der Waals surface area contributed by atoms with Crippen LogP contribution in [-0.4, -0.2) is 18.2 Å². The van der Waals surface area contributed by atoms with Gasteiger partial charge in [-0.3, -0.25) is 0 Å². The van der Waals surface area contributed by atoms with Crippen LogP contribution in [0.15, 0.2) is 18.2 Å². The van der Waals surface area contributed by atoms with E-state index in [-0.39, 0.29) is 6.61 Å². The molecular weight excluding hydrogens is 198 g/mol. The number of rotatable bonds is 4. The minimum Gasteiger partial charge on any atom is -0.392 e. The van der Waals surface area contributed by atoms with Gasteiger partial charge in [-0.05, 0) is 38.7 Å². The zero-order chi connectivity index (χ0) is 11.7. The smallest absolute Gasteiger partial charge is 0.0702 e. The van der Waals surface area contributed by atoms with Crippen LogP contribution in [0.5, 0.6) is 0 Å². The molecule has 0 amide bonds. The van der Waals surface area contributed by atoms with Gasteiger partial charge in [0.15, 0.2) is 0 Å². The van der Waals surface area contributed by atoms with Crippen LogP contribution >= 0.6 is 0 Å². The van der Waals surface area contributed by atoms with E-state index in [4.69, 9.17) is 0 Å². The number of aliphatic hydroxyl groups excluding tert-OH is 1. The van der Waals surface area contributed by atoms with Crippen LogP contribution in [0.25, 0.3) is 0 Å². The monoisotopic (exact) mass is 219 g/mol. The number of aryl methyl sites for hydroxylation is 1. The molecule has 16 heavy (non-hydrogen) atoms. The van der Waals surface area contributed by atoms with E-state index >= 15 is 0 Å². The summed E-state index contributed by atoms with van der Waals surface area (Å²) in [6.45, 7) is 4.46. The van der Waals surface area contributed by atoms with Crippen molar-refractivity contribution in [3.63, 3.8) is 0 Å². The first-order valence-electron chi connectivity index (χ1n) is 6.06. The van der Waals surface area contributed by atoms with Gasteiger partial charge in [-0.1, -0.05) is 17.7 Å². The van der Waals surface area contributed by atoms with Gasteiger partial charge in [0.25, 0.3) is 0 Å². The molecule has 0 radical (unpaired) electrons. The second-order valence-corrected chi connectivity index (χ2v) is 4.98. The highest BCUT2D eigenvalue weighted by Crippen LogP contribution is 2.37. The van der Waals surface area contributed by atoms with E-state index in [0.29, 0.717) is 6.04 Å². The van der Waals surface area contributed by atoms with E-state index in [2.05, 4.69) is 44.0 Å². The topological polar surface area (TPSA) is 23.5 Å². The summed E-state index contributed by atoms with van der Waals surface area (Å²) in [5.74, 6) is 0.845. The SMILES string of the molecule is Cc1ccc(N(C)C(C)C2CC2)c(CO)c1. The van der Waals surface area contributed by atoms with Gasteiger partial charge in [0.1, 0.15) is 0 Å². The summed E-state index contributed by atoms with van der Waals surface area (Å²) in [5.41, 5.74) is 3.42. The quantitative estimate of drug-likeness (QED) is 0.841. The van der Waals surface area contributed by atoms with Crippen molar-refractivity contribution >= 4 is 5.69 Å². The zero-order valence-corrected chi connectivity index (χ0v) is 10.4.